The zero-order valence-corrected chi connectivity index (χ0v) is 6.21. The topological polar surface area (TPSA) is 46.2 Å². The summed E-state index contributed by atoms with van der Waals surface area (Å²) in [5, 5.41) is 0.507. The van der Waals surface area contributed by atoms with Crippen molar-refractivity contribution in [3.63, 3.8) is 0 Å². The standard InChI is InChI=1S/C5H4F5NO2/c1-4(6,7)2(12)11-3(13)5(8,9)10/h1H3,(H,11,12,13). The van der Waals surface area contributed by atoms with Crippen molar-refractivity contribution in [3.8, 4) is 0 Å². The summed E-state index contributed by atoms with van der Waals surface area (Å²) in [5.41, 5.74) is 0. The van der Waals surface area contributed by atoms with Crippen molar-refractivity contribution in [2.75, 3.05) is 0 Å². The Morgan fingerprint density at radius 2 is 1.38 bits per heavy atom. The molecule has 0 saturated carbocycles. The van der Waals surface area contributed by atoms with Crippen LogP contribution in [-0.4, -0.2) is 23.9 Å². The van der Waals surface area contributed by atoms with Gasteiger partial charge in [-0.05, 0) is 0 Å². The van der Waals surface area contributed by atoms with Crippen molar-refractivity contribution in [2.45, 2.75) is 19.0 Å². The molecule has 0 aromatic rings. The highest BCUT2D eigenvalue weighted by atomic mass is 19.4. The van der Waals surface area contributed by atoms with E-state index in [2.05, 4.69) is 0 Å². The maximum Gasteiger partial charge on any atom is 0.471 e. The van der Waals surface area contributed by atoms with Gasteiger partial charge in [0.15, 0.2) is 0 Å². The fraction of sp³-hybridized carbons (Fsp3) is 0.600. The van der Waals surface area contributed by atoms with Gasteiger partial charge in [0.05, 0.1) is 0 Å². The number of rotatable bonds is 1. The molecular weight excluding hydrogens is 201 g/mol. The van der Waals surface area contributed by atoms with Crippen LogP contribution < -0.4 is 5.32 Å². The summed E-state index contributed by atoms with van der Waals surface area (Å²) in [6.45, 7) is 0.0754. The lowest BCUT2D eigenvalue weighted by Crippen LogP contribution is -2.46. The van der Waals surface area contributed by atoms with E-state index in [1.54, 1.807) is 0 Å². The minimum absolute atomic E-state index is 0.0754. The van der Waals surface area contributed by atoms with E-state index in [1.165, 1.54) is 0 Å². The van der Waals surface area contributed by atoms with E-state index in [0.717, 1.165) is 0 Å². The van der Waals surface area contributed by atoms with Crippen LogP contribution >= 0.6 is 0 Å². The fourth-order valence-corrected chi connectivity index (χ4v) is 0.284. The monoisotopic (exact) mass is 205 g/mol. The van der Waals surface area contributed by atoms with E-state index in [1.807, 2.05) is 0 Å². The molecule has 0 aromatic carbocycles. The predicted octanol–water partition coefficient (Wildman–Crippen LogP) is 0.847. The van der Waals surface area contributed by atoms with Gasteiger partial charge in [0.25, 0.3) is 5.91 Å². The second-order valence-electron chi connectivity index (χ2n) is 2.17. The number of nitrogens with one attached hydrogen (secondary N) is 1. The second kappa shape index (κ2) is 3.27. The molecule has 3 nitrogen and oxygen atoms in total. The molecule has 0 saturated heterocycles. The fourth-order valence-electron chi connectivity index (χ4n) is 0.284. The Labute approximate surface area is 68.9 Å². The van der Waals surface area contributed by atoms with Gasteiger partial charge in [-0.3, -0.25) is 14.9 Å². The smallest absolute Gasteiger partial charge is 0.283 e. The number of amides is 2. The van der Waals surface area contributed by atoms with E-state index in [0.29, 0.717) is 5.32 Å². The zero-order valence-electron chi connectivity index (χ0n) is 6.21. The molecule has 2 amide bonds. The average Bonchev–Trinajstić information content (AvgIpc) is 1.82. The summed E-state index contributed by atoms with van der Waals surface area (Å²) in [7, 11) is 0. The van der Waals surface area contributed by atoms with Crippen LogP contribution in [0.2, 0.25) is 0 Å². The molecule has 0 aliphatic carbocycles. The minimum atomic E-state index is -5.35. The van der Waals surface area contributed by atoms with Crippen LogP contribution in [-0.2, 0) is 9.59 Å². The number of carbonyl (C=O) groups excluding carboxylic acids is 2. The zero-order chi connectivity index (χ0) is 10.9. The van der Waals surface area contributed by atoms with Gasteiger partial charge in [-0.15, -0.1) is 0 Å². The molecular formula is C5H4F5NO2. The van der Waals surface area contributed by atoms with Crippen LogP contribution in [0.4, 0.5) is 22.0 Å². The molecule has 0 spiro atoms. The average molecular weight is 205 g/mol. The SMILES string of the molecule is CC(F)(F)C(=O)NC(=O)C(F)(F)F. The molecule has 0 aromatic heterocycles. The lowest BCUT2D eigenvalue weighted by molar-refractivity contribution is -0.177. The van der Waals surface area contributed by atoms with E-state index in [4.69, 9.17) is 0 Å². The van der Waals surface area contributed by atoms with Crippen LogP contribution in [0.15, 0.2) is 0 Å². The summed E-state index contributed by atoms with van der Waals surface area (Å²) >= 11 is 0. The molecule has 0 fully saturated rings. The Hall–Kier alpha value is -1.21. The van der Waals surface area contributed by atoms with Crippen LogP contribution in [0.3, 0.4) is 0 Å². The summed E-state index contributed by atoms with van der Waals surface area (Å²) in [6, 6.07) is 0. The molecule has 0 atom stereocenters. The number of halogens is 5. The van der Waals surface area contributed by atoms with Crippen molar-refractivity contribution in [2.24, 2.45) is 0 Å². The highest BCUT2D eigenvalue weighted by Gasteiger charge is 2.43. The Kier molecular flexibility index (Phi) is 2.96. The first-order valence-electron chi connectivity index (χ1n) is 2.85. The maximum atomic E-state index is 11.9. The second-order valence-corrected chi connectivity index (χ2v) is 2.17. The predicted molar refractivity (Wildman–Crippen MR) is 29.8 cm³/mol. The number of carbonyl (C=O) groups is 2. The number of imide groups is 1. The minimum Gasteiger partial charge on any atom is -0.283 e. The molecule has 1 N–H and O–H groups in total. The molecule has 0 radical (unpaired) electrons. The van der Waals surface area contributed by atoms with Gasteiger partial charge in [0.2, 0.25) is 0 Å². The highest BCUT2D eigenvalue weighted by Crippen LogP contribution is 2.16. The van der Waals surface area contributed by atoms with Gasteiger partial charge in [0.1, 0.15) is 0 Å². The first-order chi connectivity index (χ1) is 5.55. The lowest BCUT2D eigenvalue weighted by Gasteiger charge is -2.10. The molecule has 0 rings (SSSR count). The Morgan fingerprint density at radius 1 is 1.00 bits per heavy atom. The van der Waals surface area contributed by atoms with Crippen molar-refractivity contribution in [3.05, 3.63) is 0 Å². The van der Waals surface area contributed by atoms with Crippen molar-refractivity contribution in [1.29, 1.82) is 0 Å². The third-order valence-electron chi connectivity index (χ3n) is 0.883. The van der Waals surface area contributed by atoms with Crippen LogP contribution in [0.25, 0.3) is 0 Å². The first kappa shape index (κ1) is 11.8. The molecule has 76 valence electrons. The molecule has 0 aliphatic rings. The number of hydrogen-bond donors (Lipinski definition) is 1. The molecule has 0 heterocycles. The van der Waals surface area contributed by atoms with Crippen molar-refractivity contribution < 1.29 is 31.5 Å². The van der Waals surface area contributed by atoms with E-state index < -0.39 is 23.9 Å². The largest absolute Gasteiger partial charge is 0.471 e. The number of hydrogen-bond acceptors (Lipinski definition) is 2. The molecule has 0 bridgehead atoms. The molecule has 8 heteroatoms. The Balaban J connectivity index is 4.34. The van der Waals surface area contributed by atoms with Crippen LogP contribution in [0.5, 0.6) is 0 Å². The Morgan fingerprint density at radius 3 is 1.62 bits per heavy atom. The normalized spacial score (nSPS) is 12.5. The summed E-state index contributed by atoms with van der Waals surface area (Å²) < 4.78 is 58.0. The summed E-state index contributed by atoms with van der Waals surface area (Å²) in [6.07, 6.45) is -5.35. The van der Waals surface area contributed by atoms with Gasteiger partial charge in [-0.2, -0.15) is 22.0 Å². The van der Waals surface area contributed by atoms with E-state index in [-0.39, 0.29) is 6.92 Å². The van der Waals surface area contributed by atoms with Gasteiger partial charge >= 0.3 is 18.0 Å². The summed E-state index contributed by atoms with van der Waals surface area (Å²) in [5.74, 6) is -9.00. The quantitative estimate of drug-likeness (QED) is 0.645. The van der Waals surface area contributed by atoms with Crippen molar-refractivity contribution >= 4 is 11.8 Å². The molecule has 0 aliphatic heterocycles. The Bertz CT molecular complexity index is 204. The molecule has 0 unspecified atom stereocenters. The van der Waals surface area contributed by atoms with Gasteiger partial charge < -0.3 is 0 Å². The highest BCUT2D eigenvalue weighted by molar-refractivity contribution is 6.00. The van der Waals surface area contributed by atoms with Gasteiger partial charge in [-0.25, -0.2) is 0 Å². The number of alkyl halides is 5. The third-order valence-corrected chi connectivity index (χ3v) is 0.883. The van der Waals surface area contributed by atoms with Crippen molar-refractivity contribution in [1.82, 2.24) is 5.32 Å². The maximum absolute atomic E-state index is 11.9. The molecule has 13 heavy (non-hydrogen) atoms. The van der Waals surface area contributed by atoms with Gasteiger partial charge in [-0.1, -0.05) is 0 Å². The van der Waals surface area contributed by atoms with Gasteiger partial charge in [0, 0.05) is 6.92 Å². The van der Waals surface area contributed by atoms with Crippen LogP contribution in [0.1, 0.15) is 6.92 Å². The summed E-state index contributed by atoms with van der Waals surface area (Å²) in [4.78, 5) is 20.1. The van der Waals surface area contributed by atoms with E-state index in [9.17, 15) is 31.5 Å². The van der Waals surface area contributed by atoms with Crippen LogP contribution in [0, 0.1) is 0 Å². The third kappa shape index (κ3) is 3.81. The van der Waals surface area contributed by atoms with E-state index >= 15 is 0 Å². The lowest BCUT2D eigenvalue weighted by atomic mass is 10.3. The first-order valence-corrected chi connectivity index (χ1v) is 2.85.